The topological polar surface area (TPSA) is 125 Å². The minimum Gasteiger partial charge on any atom is -0.478 e. The smallest absolute Gasteiger partial charge is 0.337 e. The van der Waals surface area contributed by atoms with Crippen molar-refractivity contribution in [3.05, 3.63) is 54.2 Å². The first-order valence-corrected chi connectivity index (χ1v) is 7.91. The summed E-state index contributed by atoms with van der Waals surface area (Å²) in [5.74, 6) is -1.72. The Labute approximate surface area is 132 Å². The van der Waals surface area contributed by atoms with Crippen LogP contribution in [0, 0.1) is 0 Å². The Balaban J connectivity index is 2.08. The molecular weight excluding hydrogens is 322 g/mol. The van der Waals surface area contributed by atoms with Crippen LogP contribution in [-0.4, -0.2) is 36.9 Å². The molecule has 0 unspecified atom stereocenters. The molecule has 0 saturated heterocycles. The summed E-state index contributed by atoms with van der Waals surface area (Å²) in [6.07, 6.45) is 1.48. The van der Waals surface area contributed by atoms with Crippen LogP contribution in [0.1, 0.15) is 10.4 Å². The highest BCUT2D eigenvalue weighted by Gasteiger charge is 2.22. The number of carboxylic acid groups (broad SMARTS) is 1. The van der Waals surface area contributed by atoms with Crippen molar-refractivity contribution >= 4 is 27.7 Å². The van der Waals surface area contributed by atoms with Crippen LogP contribution in [-0.2, 0) is 14.8 Å². The molecule has 0 atom stereocenters. The molecule has 0 bridgehead atoms. The summed E-state index contributed by atoms with van der Waals surface area (Å²) in [5.41, 5.74) is -0.370. The van der Waals surface area contributed by atoms with Gasteiger partial charge < -0.3 is 10.4 Å². The van der Waals surface area contributed by atoms with Crippen molar-refractivity contribution in [3.8, 4) is 0 Å². The standard InChI is InChI=1S/C14H13N3O5S/c18-13(17-12-7-3-4-8-15-12)9-16-23(21,22)11-6-2-1-5-10(11)14(19)20/h1-8,16H,9H2,(H,19,20)(H,15,17,18). The fraction of sp³-hybridized carbons (Fsp3) is 0.0714. The molecule has 9 heteroatoms. The summed E-state index contributed by atoms with van der Waals surface area (Å²) in [6.45, 7) is -0.549. The fourth-order valence-electron chi connectivity index (χ4n) is 1.74. The SMILES string of the molecule is O=C(CNS(=O)(=O)c1ccccc1C(=O)O)Nc1ccccn1. The van der Waals surface area contributed by atoms with E-state index in [4.69, 9.17) is 5.11 Å². The number of aromatic nitrogens is 1. The molecule has 0 fully saturated rings. The van der Waals surface area contributed by atoms with E-state index in [1.807, 2.05) is 0 Å². The number of nitrogens with one attached hydrogen (secondary N) is 2. The third-order valence-electron chi connectivity index (χ3n) is 2.76. The second kappa shape index (κ2) is 6.99. The first-order chi connectivity index (χ1) is 10.9. The van der Waals surface area contributed by atoms with Crippen molar-refractivity contribution < 1.29 is 23.1 Å². The number of carbonyl (C=O) groups excluding carboxylic acids is 1. The fourth-order valence-corrected chi connectivity index (χ4v) is 2.92. The van der Waals surface area contributed by atoms with Crippen molar-refractivity contribution in [1.29, 1.82) is 0 Å². The number of nitrogens with zero attached hydrogens (tertiary/aromatic N) is 1. The summed E-state index contributed by atoms with van der Waals surface area (Å²) in [5, 5.41) is 11.4. The first-order valence-electron chi connectivity index (χ1n) is 6.43. The lowest BCUT2D eigenvalue weighted by Gasteiger charge is -2.09. The Morgan fingerprint density at radius 2 is 1.78 bits per heavy atom. The lowest BCUT2D eigenvalue weighted by atomic mass is 10.2. The van der Waals surface area contributed by atoms with Crippen molar-refractivity contribution in [2.45, 2.75) is 4.90 Å². The van der Waals surface area contributed by atoms with Gasteiger partial charge in [-0.05, 0) is 24.3 Å². The van der Waals surface area contributed by atoms with Crippen LogP contribution < -0.4 is 10.0 Å². The van der Waals surface area contributed by atoms with E-state index in [1.54, 1.807) is 18.2 Å². The van der Waals surface area contributed by atoms with Crippen LogP contribution in [0.15, 0.2) is 53.6 Å². The van der Waals surface area contributed by atoms with Crippen LogP contribution in [0.25, 0.3) is 0 Å². The zero-order valence-corrected chi connectivity index (χ0v) is 12.6. The maximum Gasteiger partial charge on any atom is 0.337 e. The van der Waals surface area contributed by atoms with E-state index in [1.165, 1.54) is 24.4 Å². The van der Waals surface area contributed by atoms with Crippen LogP contribution in [0.5, 0.6) is 0 Å². The van der Waals surface area contributed by atoms with Gasteiger partial charge >= 0.3 is 5.97 Å². The van der Waals surface area contributed by atoms with Gasteiger partial charge in [-0.3, -0.25) is 4.79 Å². The summed E-state index contributed by atoms with van der Waals surface area (Å²) in [6, 6.07) is 10.0. The molecule has 1 aromatic carbocycles. The Bertz CT molecular complexity index is 821. The van der Waals surface area contributed by atoms with Gasteiger partial charge in [-0.25, -0.2) is 22.9 Å². The molecule has 8 nitrogen and oxygen atoms in total. The minimum atomic E-state index is -4.14. The van der Waals surface area contributed by atoms with E-state index in [2.05, 4.69) is 15.0 Å². The lowest BCUT2D eigenvalue weighted by Crippen LogP contribution is -2.33. The highest BCUT2D eigenvalue weighted by atomic mass is 32.2. The second-order valence-corrected chi connectivity index (χ2v) is 6.12. The van der Waals surface area contributed by atoms with E-state index in [0.717, 1.165) is 6.07 Å². The molecule has 0 radical (unpaired) electrons. The highest BCUT2D eigenvalue weighted by Crippen LogP contribution is 2.15. The summed E-state index contributed by atoms with van der Waals surface area (Å²) in [4.78, 5) is 26.3. The Hall–Kier alpha value is -2.78. The van der Waals surface area contributed by atoms with Gasteiger partial charge in [-0.1, -0.05) is 18.2 Å². The van der Waals surface area contributed by atoms with Crippen molar-refractivity contribution in [3.63, 3.8) is 0 Å². The predicted octanol–water partition coefficient (Wildman–Crippen LogP) is 0.697. The maximum absolute atomic E-state index is 12.1. The molecule has 120 valence electrons. The number of carboxylic acids is 1. The number of carbonyl (C=O) groups is 2. The molecule has 2 rings (SSSR count). The van der Waals surface area contributed by atoms with Crippen LogP contribution in [0.4, 0.5) is 5.82 Å². The molecule has 0 saturated carbocycles. The van der Waals surface area contributed by atoms with Crippen LogP contribution in [0.2, 0.25) is 0 Å². The molecular formula is C14H13N3O5S. The summed E-state index contributed by atoms with van der Waals surface area (Å²) in [7, 11) is -4.14. The second-order valence-electron chi connectivity index (χ2n) is 4.39. The Morgan fingerprint density at radius 3 is 2.43 bits per heavy atom. The molecule has 1 amide bonds. The van der Waals surface area contributed by atoms with E-state index in [-0.39, 0.29) is 11.4 Å². The Morgan fingerprint density at radius 1 is 1.09 bits per heavy atom. The number of sulfonamides is 1. The third kappa shape index (κ3) is 4.34. The third-order valence-corrected chi connectivity index (χ3v) is 4.22. The molecule has 0 aliphatic heterocycles. The van der Waals surface area contributed by atoms with Crippen molar-refractivity contribution in [1.82, 2.24) is 9.71 Å². The van der Waals surface area contributed by atoms with Gasteiger partial charge in [-0.15, -0.1) is 0 Å². The number of aromatic carboxylic acids is 1. The zero-order valence-electron chi connectivity index (χ0n) is 11.8. The molecule has 2 aromatic rings. The first kappa shape index (κ1) is 16.6. The average molecular weight is 335 g/mol. The summed E-state index contributed by atoms with van der Waals surface area (Å²) < 4.78 is 26.3. The van der Waals surface area contributed by atoms with Crippen LogP contribution in [0.3, 0.4) is 0 Å². The van der Waals surface area contributed by atoms with Gasteiger partial charge in [0.25, 0.3) is 0 Å². The Kier molecular flexibility index (Phi) is 5.04. The van der Waals surface area contributed by atoms with E-state index in [9.17, 15) is 18.0 Å². The quantitative estimate of drug-likeness (QED) is 0.713. The van der Waals surface area contributed by atoms with Crippen molar-refractivity contribution in [2.75, 3.05) is 11.9 Å². The number of pyridine rings is 1. The highest BCUT2D eigenvalue weighted by molar-refractivity contribution is 7.89. The average Bonchev–Trinajstić information content (AvgIpc) is 2.54. The molecule has 3 N–H and O–H groups in total. The molecule has 1 aromatic heterocycles. The van der Waals surface area contributed by atoms with E-state index >= 15 is 0 Å². The largest absolute Gasteiger partial charge is 0.478 e. The molecule has 0 aliphatic carbocycles. The number of amides is 1. The number of benzene rings is 1. The molecule has 1 heterocycles. The summed E-state index contributed by atoms with van der Waals surface area (Å²) >= 11 is 0. The number of rotatable bonds is 6. The van der Waals surface area contributed by atoms with Gasteiger partial charge in [0.1, 0.15) is 5.82 Å². The molecule has 0 aliphatic rings. The zero-order chi connectivity index (χ0) is 16.9. The van der Waals surface area contributed by atoms with Crippen LogP contribution >= 0.6 is 0 Å². The van der Waals surface area contributed by atoms with Gasteiger partial charge in [-0.2, -0.15) is 0 Å². The van der Waals surface area contributed by atoms with E-state index in [0.29, 0.717) is 0 Å². The minimum absolute atomic E-state index is 0.280. The van der Waals surface area contributed by atoms with E-state index < -0.39 is 33.3 Å². The molecule has 0 spiro atoms. The lowest BCUT2D eigenvalue weighted by molar-refractivity contribution is -0.115. The van der Waals surface area contributed by atoms with Gasteiger partial charge in [0.05, 0.1) is 17.0 Å². The normalized spacial score (nSPS) is 11.0. The van der Waals surface area contributed by atoms with Gasteiger partial charge in [0.2, 0.25) is 15.9 Å². The number of hydrogen-bond donors (Lipinski definition) is 3. The monoisotopic (exact) mass is 335 g/mol. The number of hydrogen-bond acceptors (Lipinski definition) is 5. The molecule has 23 heavy (non-hydrogen) atoms. The number of anilines is 1. The predicted molar refractivity (Wildman–Crippen MR) is 81.5 cm³/mol. The van der Waals surface area contributed by atoms with Gasteiger partial charge in [0.15, 0.2) is 0 Å². The van der Waals surface area contributed by atoms with Gasteiger partial charge in [0, 0.05) is 6.20 Å². The maximum atomic E-state index is 12.1. The van der Waals surface area contributed by atoms with Crippen molar-refractivity contribution in [2.24, 2.45) is 0 Å².